The second kappa shape index (κ2) is 5.86. The van der Waals surface area contributed by atoms with Crippen LogP contribution in [0.3, 0.4) is 0 Å². The molecule has 1 atom stereocenters. The molecule has 4 nitrogen and oxygen atoms in total. The van der Waals surface area contributed by atoms with Crippen molar-refractivity contribution in [2.75, 3.05) is 6.54 Å². The Bertz CT molecular complexity index is 982. The Morgan fingerprint density at radius 1 is 1.38 bits per heavy atom. The molecule has 2 N–H and O–H groups in total. The number of aromatic nitrogens is 2. The summed E-state index contributed by atoms with van der Waals surface area (Å²) < 4.78 is 0.736. The van der Waals surface area contributed by atoms with Crippen LogP contribution in [0, 0.1) is 10.9 Å². The molecule has 0 saturated heterocycles. The van der Waals surface area contributed by atoms with Gasteiger partial charge in [0.1, 0.15) is 0 Å². The van der Waals surface area contributed by atoms with E-state index in [1.54, 1.807) is 0 Å². The summed E-state index contributed by atoms with van der Waals surface area (Å²) in [6.07, 6.45) is 1.32. The number of H-pyrrole nitrogens is 2. The average molecular weight is 358 g/mol. The zero-order valence-electron chi connectivity index (χ0n) is 13.7. The molecule has 6 heteroatoms. The third-order valence-corrected chi connectivity index (χ3v) is 6.23. The highest BCUT2D eigenvalue weighted by molar-refractivity contribution is 7.73. The Labute approximate surface area is 149 Å². The predicted molar refractivity (Wildman–Crippen MR) is 100 cm³/mol. The number of hydrogen-bond donors (Lipinski definition) is 2. The lowest BCUT2D eigenvalue weighted by molar-refractivity contribution is -0.133. The minimum absolute atomic E-state index is 0.0702. The molecule has 0 aliphatic carbocycles. The van der Waals surface area contributed by atoms with Gasteiger partial charge in [-0.05, 0) is 44.1 Å². The molecular formula is C18H19N3OS2. The van der Waals surface area contributed by atoms with E-state index in [0.717, 1.165) is 33.0 Å². The van der Waals surface area contributed by atoms with Gasteiger partial charge in [-0.3, -0.25) is 4.79 Å². The smallest absolute Gasteiger partial charge is 0.228 e. The van der Waals surface area contributed by atoms with Gasteiger partial charge in [0.2, 0.25) is 5.91 Å². The SMILES string of the molecule is Cc1[nH]c(=S)sc1CC(=O)N1CCc2c([nH]c3ccccc23)[C@@H]1C. The molecule has 0 radical (unpaired) electrons. The van der Waals surface area contributed by atoms with Crippen LogP contribution in [0.15, 0.2) is 24.3 Å². The zero-order chi connectivity index (χ0) is 16.8. The van der Waals surface area contributed by atoms with Gasteiger partial charge in [0.25, 0.3) is 0 Å². The van der Waals surface area contributed by atoms with Gasteiger partial charge in [0.15, 0.2) is 3.95 Å². The van der Waals surface area contributed by atoms with Gasteiger partial charge in [0, 0.05) is 33.7 Å². The Kier molecular flexibility index (Phi) is 3.81. The quantitative estimate of drug-likeness (QED) is 0.673. The maximum atomic E-state index is 12.8. The van der Waals surface area contributed by atoms with Crippen LogP contribution < -0.4 is 0 Å². The third-order valence-electron chi connectivity index (χ3n) is 4.89. The topological polar surface area (TPSA) is 51.9 Å². The number of para-hydroxylation sites is 1. The van der Waals surface area contributed by atoms with Crippen molar-refractivity contribution in [3.8, 4) is 0 Å². The van der Waals surface area contributed by atoms with E-state index in [9.17, 15) is 4.79 Å². The average Bonchev–Trinajstić information content (AvgIpc) is 3.08. The molecule has 1 aromatic carbocycles. The lowest BCUT2D eigenvalue weighted by Gasteiger charge is -2.33. The molecule has 1 aliphatic rings. The maximum Gasteiger partial charge on any atom is 0.228 e. The van der Waals surface area contributed by atoms with Gasteiger partial charge in [-0.1, -0.05) is 18.2 Å². The van der Waals surface area contributed by atoms with Crippen molar-refractivity contribution in [2.24, 2.45) is 0 Å². The third kappa shape index (κ3) is 2.50. The highest BCUT2D eigenvalue weighted by atomic mass is 32.1. The first kappa shape index (κ1) is 15.6. The number of benzene rings is 1. The summed E-state index contributed by atoms with van der Waals surface area (Å²) in [6.45, 7) is 4.85. The molecule has 0 unspecified atom stereocenters. The molecule has 0 saturated carbocycles. The minimum atomic E-state index is 0.0702. The Morgan fingerprint density at radius 2 is 2.17 bits per heavy atom. The fraction of sp³-hybridized carbons (Fsp3) is 0.333. The molecular weight excluding hydrogens is 338 g/mol. The van der Waals surface area contributed by atoms with E-state index in [1.807, 2.05) is 17.9 Å². The number of carbonyl (C=O) groups excluding carboxylic acids is 1. The first-order chi connectivity index (χ1) is 11.5. The summed E-state index contributed by atoms with van der Waals surface area (Å²) >= 11 is 6.68. The van der Waals surface area contributed by atoms with Crippen molar-refractivity contribution in [3.05, 3.63) is 50.0 Å². The van der Waals surface area contributed by atoms with Gasteiger partial charge in [-0.25, -0.2) is 0 Å². The minimum Gasteiger partial charge on any atom is -0.356 e. The second-order valence-corrected chi connectivity index (χ2v) is 8.09. The molecule has 1 amide bonds. The first-order valence-corrected chi connectivity index (χ1v) is 9.34. The van der Waals surface area contributed by atoms with Crippen molar-refractivity contribution in [3.63, 3.8) is 0 Å². The van der Waals surface area contributed by atoms with E-state index in [4.69, 9.17) is 12.2 Å². The molecule has 24 heavy (non-hydrogen) atoms. The molecule has 3 aromatic rings. The lowest BCUT2D eigenvalue weighted by atomic mass is 9.98. The van der Waals surface area contributed by atoms with Gasteiger partial charge < -0.3 is 14.9 Å². The molecule has 0 fully saturated rings. The molecule has 4 rings (SSSR count). The van der Waals surface area contributed by atoms with Gasteiger partial charge >= 0.3 is 0 Å². The molecule has 1 aliphatic heterocycles. The maximum absolute atomic E-state index is 12.8. The van der Waals surface area contributed by atoms with Crippen molar-refractivity contribution in [1.29, 1.82) is 0 Å². The number of thiazole rings is 1. The second-order valence-electron chi connectivity index (χ2n) is 6.32. The Morgan fingerprint density at radius 3 is 2.92 bits per heavy atom. The zero-order valence-corrected chi connectivity index (χ0v) is 15.3. The predicted octanol–water partition coefficient (Wildman–Crippen LogP) is 4.28. The van der Waals surface area contributed by atoms with E-state index >= 15 is 0 Å². The van der Waals surface area contributed by atoms with Crippen LogP contribution in [-0.2, 0) is 17.6 Å². The number of nitrogens with one attached hydrogen (secondary N) is 2. The van der Waals surface area contributed by atoms with E-state index in [1.165, 1.54) is 28.0 Å². The van der Waals surface area contributed by atoms with E-state index in [-0.39, 0.29) is 11.9 Å². The summed E-state index contributed by atoms with van der Waals surface area (Å²) in [7, 11) is 0. The van der Waals surface area contributed by atoms with Crippen LogP contribution in [0.2, 0.25) is 0 Å². The van der Waals surface area contributed by atoms with Crippen LogP contribution in [0.4, 0.5) is 0 Å². The summed E-state index contributed by atoms with van der Waals surface area (Å²) in [5.74, 6) is 0.167. The number of nitrogens with zero attached hydrogens (tertiary/aromatic N) is 1. The normalized spacial score (nSPS) is 17.2. The largest absolute Gasteiger partial charge is 0.356 e. The van der Waals surface area contributed by atoms with Crippen molar-refractivity contribution in [2.45, 2.75) is 32.7 Å². The van der Waals surface area contributed by atoms with Gasteiger partial charge in [-0.2, -0.15) is 0 Å². The highest BCUT2D eigenvalue weighted by Gasteiger charge is 2.30. The van der Waals surface area contributed by atoms with Crippen LogP contribution in [0.5, 0.6) is 0 Å². The molecule has 3 heterocycles. The van der Waals surface area contributed by atoms with Gasteiger partial charge in [0.05, 0.1) is 12.5 Å². The fourth-order valence-corrected chi connectivity index (χ4v) is 4.90. The number of hydrogen-bond acceptors (Lipinski definition) is 3. The fourth-order valence-electron chi connectivity index (χ4n) is 3.61. The molecule has 0 bridgehead atoms. The highest BCUT2D eigenvalue weighted by Crippen LogP contribution is 2.34. The number of fused-ring (bicyclic) bond motifs is 3. The first-order valence-electron chi connectivity index (χ1n) is 8.12. The van der Waals surface area contributed by atoms with Crippen LogP contribution in [0.1, 0.15) is 34.8 Å². The summed E-state index contributed by atoms with van der Waals surface area (Å²) in [5, 5.41) is 1.28. The number of aryl methyl sites for hydroxylation is 1. The summed E-state index contributed by atoms with van der Waals surface area (Å²) in [5.41, 5.74) is 4.70. The lowest BCUT2D eigenvalue weighted by Crippen LogP contribution is -2.39. The molecule has 124 valence electrons. The number of carbonyl (C=O) groups is 1. The van der Waals surface area contributed by atoms with E-state index in [2.05, 4.69) is 35.1 Å². The number of amides is 1. The van der Waals surface area contributed by atoms with Gasteiger partial charge in [-0.15, -0.1) is 11.3 Å². The number of aromatic amines is 2. The summed E-state index contributed by atoms with van der Waals surface area (Å²) in [4.78, 5) is 22.5. The Hall–Kier alpha value is -1.92. The standard InChI is InChI=1S/C18H19N3OS2/c1-10-15(24-18(23)19-10)9-16(22)21-8-7-13-12-5-3-4-6-14(12)20-17(13)11(21)2/h3-6,11,20H,7-9H2,1-2H3,(H,19,23)/t11-/m0/s1. The summed E-state index contributed by atoms with van der Waals surface area (Å²) in [6, 6.07) is 8.44. The van der Waals surface area contributed by atoms with Crippen molar-refractivity contribution < 1.29 is 4.79 Å². The molecule has 0 spiro atoms. The Balaban J connectivity index is 1.62. The number of rotatable bonds is 2. The van der Waals surface area contributed by atoms with E-state index < -0.39 is 0 Å². The molecule has 2 aromatic heterocycles. The van der Waals surface area contributed by atoms with Crippen molar-refractivity contribution in [1.82, 2.24) is 14.9 Å². The van der Waals surface area contributed by atoms with Crippen LogP contribution in [0.25, 0.3) is 10.9 Å². The van der Waals surface area contributed by atoms with Crippen LogP contribution in [-0.4, -0.2) is 27.3 Å². The van der Waals surface area contributed by atoms with Crippen LogP contribution >= 0.6 is 23.6 Å². The van der Waals surface area contributed by atoms with Crippen molar-refractivity contribution >= 4 is 40.4 Å². The monoisotopic (exact) mass is 357 g/mol. The van der Waals surface area contributed by atoms with E-state index in [0.29, 0.717) is 6.42 Å².